The van der Waals surface area contributed by atoms with Gasteiger partial charge in [-0.1, -0.05) is 11.6 Å². The summed E-state index contributed by atoms with van der Waals surface area (Å²) in [5.41, 5.74) is 0.832. The molecule has 2 aromatic carbocycles. The van der Waals surface area contributed by atoms with Crippen molar-refractivity contribution in [3.05, 3.63) is 59.2 Å². The summed E-state index contributed by atoms with van der Waals surface area (Å²) in [6.45, 7) is 0. The Bertz CT molecular complexity index is 888. The molecular formula is C18H14ClNO4. The largest absolute Gasteiger partial charge is 0.497 e. The van der Waals surface area contributed by atoms with Crippen LogP contribution in [0.4, 0.5) is 0 Å². The molecule has 0 bridgehead atoms. The summed E-state index contributed by atoms with van der Waals surface area (Å²) in [6, 6.07) is 11.7. The molecule has 1 heterocycles. The predicted molar refractivity (Wildman–Crippen MR) is 91.3 cm³/mol. The molecule has 3 rings (SSSR count). The van der Waals surface area contributed by atoms with Crippen molar-refractivity contribution < 1.29 is 19.0 Å². The van der Waals surface area contributed by atoms with Gasteiger partial charge in [-0.15, -0.1) is 0 Å². The predicted octanol–water partition coefficient (Wildman–Crippen LogP) is 4.12. The third kappa shape index (κ3) is 3.12. The van der Waals surface area contributed by atoms with Crippen molar-refractivity contribution in [1.29, 1.82) is 0 Å². The molecule has 0 unspecified atom stereocenters. The number of nitrogens with zero attached hydrogens (tertiary/aromatic N) is 1. The molecule has 0 aliphatic carbocycles. The van der Waals surface area contributed by atoms with E-state index >= 15 is 0 Å². The van der Waals surface area contributed by atoms with E-state index in [9.17, 15) is 4.79 Å². The summed E-state index contributed by atoms with van der Waals surface area (Å²) in [6.07, 6.45) is 1.62. The average Bonchev–Trinajstić information content (AvgIpc) is 2.63. The Morgan fingerprint density at radius 3 is 2.42 bits per heavy atom. The lowest BCUT2D eigenvalue weighted by Gasteiger charge is -2.10. The summed E-state index contributed by atoms with van der Waals surface area (Å²) in [7, 11) is 3.03. The van der Waals surface area contributed by atoms with Crippen LogP contribution in [0, 0.1) is 0 Å². The molecule has 0 spiro atoms. The number of benzene rings is 2. The first kappa shape index (κ1) is 16.1. The van der Waals surface area contributed by atoms with Gasteiger partial charge in [0.2, 0.25) is 0 Å². The van der Waals surface area contributed by atoms with Crippen LogP contribution in [0.2, 0.25) is 5.02 Å². The van der Waals surface area contributed by atoms with E-state index in [-0.39, 0.29) is 0 Å². The number of ether oxygens (including phenoxy) is 3. The lowest BCUT2D eigenvalue weighted by atomic mass is 10.2. The van der Waals surface area contributed by atoms with Crippen molar-refractivity contribution in [2.75, 3.05) is 14.2 Å². The molecule has 0 saturated heterocycles. The second kappa shape index (κ2) is 6.76. The Labute approximate surface area is 143 Å². The normalized spacial score (nSPS) is 10.5. The molecule has 0 atom stereocenters. The molecule has 0 saturated carbocycles. The Morgan fingerprint density at radius 1 is 1.04 bits per heavy atom. The first-order valence-electron chi connectivity index (χ1n) is 7.11. The topological polar surface area (TPSA) is 57.7 Å². The Balaban J connectivity index is 1.97. The maximum atomic E-state index is 12.5. The van der Waals surface area contributed by atoms with E-state index in [1.807, 2.05) is 6.07 Å². The average molecular weight is 344 g/mol. The minimum absolute atomic E-state index is 0.310. The van der Waals surface area contributed by atoms with Gasteiger partial charge in [-0.25, -0.2) is 4.79 Å². The van der Waals surface area contributed by atoms with Gasteiger partial charge in [0, 0.05) is 17.6 Å². The number of carbonyl (C=O) groups excluding carboxylic acids is 1. The van der Waals surface area contributed by atoms with Gasteiger partial charge in [-0.2, -0.15) is 0 Å². The fourth-order valence-electron chi connectivity index (χ4n) is 2.28. The number of carbonyl (C=O) groups is 1. The summed E-state index contributed by atoms with van der Waals surface area (Å²) < 4.78 is 15.8. The van der Waals surface area contributed by atoms with Crippen LogP contribution in [0.5, 0.6) is 17.2 Å². The number of hydrogen-bond acceptors (Lipinski definition) is 5. The lowest BCUT2D eigenvalue weighted by Crippen LogP contribution is -2.09. The van der Waals surface area contributed by atoms with Gasteiger partial charge in [0.15, 0.2) is 5.75 Å². The van der Waals surface area contributed by atoms with E-state index in [0.29, 0.717) is 38.7 Å². The first-order chi connectivity index (χ1) is 11.6. The van der Waals surface area contributed by atoms with Crippen molar-refractivity contribution >= 4 is 28.5 Å². The smallest absolute Gasteiger partial charge is 0.343 e. The Hall–Kier alpha value is -2.79. The highest BCUT2D eigenvalue weighted by molar-refractivity contribution is 6.35. The number of hydrogen-bond donors (Lipinski definition) is 0. The van der Waals surface area contributed by atoms with Gasteiger partial charge in [0.25, 0.3) is 0 Å². The van der Waals surface area contributed by atoms with Crippen molar-refractivity contribution in [2.45, 2.75) is 0 Å². The highest BCUT2D eigenvalue weighted by Crippen LogP contribution is 2.30. The second-order valence-corrected chi connectivity index (χ2v) is 5.34. The molecule has 122 valence electrons. The van der Waals surface area contributed by atoms with Gasteiger partial charge >= 0.3 is 5.97 Å². The fourth-order valence-corrected chi connectivity index (χ4v) is 2.49. The zero-order valence-corrected chi connectivity index (χ0v) is 13.8. The molecule has 0 fully saturated rings. The van der Waals surface area contributed by atoms with E-state index in [1.165, 1.54) is 14.2 Å². The molecule has 0 N–H and O–H groups in total. The number of pyridine rings is 1. The second-order valence-electron chi connectivity index (χ2n) is 4.94. The SMILES string of the molecule is COc1cc(OC)cc(C(=O)Oc2ccc(Cl)c3cccnc23)c1. The number of aromatic nitrogens is 1. The Morgan fingerprint density at radius 2 is 1.75 bits per heavy atom. The molecule has 5 nitrogen and oxygen atoms in total. The summed E-state index contributed by atoms with van der Waals surface area (Å²) in [4.78, 5) is 16.7. The third-order valence-corrected chi connectivity index (χ3v) is 3.80. The number of rotatable bonds is 4. The number of halogens is 1. The Kier molecular flexibility index (Phi) is 4.53. The first-order valence-corrected chi connectivity index (χ1v) is 7.48. The quantitative estimate of drug-likeness (QED) is 0.526. The molecular weight excluding hydrogens is 330 g/mol. The molecule has 6 heteroatoms. The zero-order chi connectivity index (χ0) is 17.1. The van der Waals surface area contributed by atoms with Crippen molar-refractivity contribution in [1.82, 2.24) is 4.98 Å². The van der Waals surface area contributed by atoms with Gasteiger partial charge < -0.3 is 14.2 Å². The number of esters is 1. The zero-order valence-electron chi connectivity index (χ0n) is 13.1. The standard InChI is InChI=1S/C18H14ClNO4/c1-22-12-8-11(9-13(10-12)23-2)18(21)24-16-6-5-15(19)14-4-3-7-20-17(14)16/h3-10H,1-2H3. The maximum absolute atomic E-state index is 12.5. The number of fused-ring (bicyclic) bond motifs is 1. The van der Waals surface area contributed by atoms with E-state index in [2.05, 4.69) is 4.98 Å². The van der Waals surface area contributed by atoms with Gasteiger partial charge in [0.1, 0.15) is 17.0 Å². The molecule has 0 aliphatic rings. The fraction of sp³-hybridized carbons (Fsp3) is 0.111. The van der Waals surface area contributed by atoms with Gasteiger partial charge in [-0.05, 0) is 36.4 Å². The van der Waals surface area contributed by atoms with Crippen LogP contribution in [0.1, 0.15) is 10.4 Å². The van der Waals surface area contributed by atoms with Crippen LogP contribution in [-0.4, -0.2) is 25.2 Å². The van der Waals surface area contributed by atoms with Crippen molar-refractivity contribution in [3.8, 4) is 17.2 Å². The highest BCUT2D eigenvalue weighted by atomic mass is 35.5. The van der Waals surface area contributed by atoms with Crippen molar-refractivity contribution in [3.63, 3.8) is 0 Å². The molecule has 3 aromatic rings. The summed E-state index contributed by atoms with van der Waals surface area (Å²) in [5, 5.41) is 1.26. The van der Waals surface area contributed by atoms with Crippen LogP contribution in [0.15, 0.2) is 48.7 Å². The minimum atomic E-state index is -0.540. The lowest BCUT2D eigenvalue weighted by molar-refractivity contribution is 0.0736. The molecule has 0 radical (unpaired) electrons. The summed E-state index contributed by atoms with van der Waals surface area (Å²) in [5.74, 6) is 0.795. The number of methoxy groups -OCH3 is 2. The van der Waals surface area contributed by atoms with Gasteiger partial charge in [0.05, 0.1) is 24.8 Å². The van der Waals surface area contributed by atoms with Crippen LogP contribution in [0.25, 0.3) is 10.9 Å². The minimum Gasteiger partial charge on any atom is -0.497 e. The van der Waals surface area contributed by atoms with E-state index < -0.39 is 5.97 Å². The van der Waals surface area contributed by atoms with Crippen LogP contribution >= 0.6 is 11.6 Å². The van der Waals surface area contributed by atoms with E-state index in [0.717, 1.165) is 0 Å². The third-order valence-electron chi connectivity index (χ3n) is 3.47. The van der Waals surface area contributed by atoms with E-state index in [4.69, 9.17) is 25.8 Å². The molecule has 0 amide bonds. The molecule has 0 aliphatic heterocycles. The van der Waals surface area contributed by atoms with Crippen LogP contribution in [-0.2, 0) is 0 Å². The maximum Gasteiger partial charge on any atom is 0.343 e. The summed E-state index contributed by atoms with van der Waals surface area (Å²) >= 11 is 6.15. The van der Waals surface area contributed by atoms with Crippen molar-refractivity contribution in [2.24, 2.45) is 0 Å². The highest BCUT2D eigenvalue weighted by Gasteiger charge is 2.15. The molecule has 1 aromatic heterocycles. The monoisotopic (exact) mass is 343 g/mol. The van der Waals surface area contributed by atoms with Gasteiger partial charge in [-0.3, -0.25) is 4.98 Å². The molecule has 24 heavy (non-hydrogen) atoms. The van der Waals surface area contributed by atoms with Crippen LogP contribution in [0.3, 0.4) is 0 Å². The van der Waals surface area contributed by atoms with Crippen LogP contribution < -0.4 is 14.2 Å². The van der Waals surface area contributed by atoms with E-state index in [1.54, 1.807) is 42.6 Å².